The first-order valence-electron chi connectivity index (χ1n) is 6.14. The second kappa shape index (κ2) is 5.56. The van der Waals surface area contributed by atoms with Gasteiger partial charge in [-0.05, 0) is 49.1 Å². The molecule has 2 rings (SSSR count). The number of amides is 2. The van der Waals surface area contributed by atoms with Gasteiger partial charge in [0.05, 0.1) is 0 Å². The molecule has 1 aliphatic carbocycles. The Morgan fingerprint density at radius 3 is 2.68 bits per heavy atom. The fourth-order valence-electron chi connectivity index (χ4n) is 1.67. The second-order valence-corrected chi connectivity index (χ2v) is 4.62. The van der Waals surface area contributed by atoms with Crippen molar-refractivity contribution in [3.63, 3.8) is 0 Å². The lowest BCUT2D eigenvalue weighted by atomic mass is 10.1. The SMILES string of the molecule is Cc1cc(C=CC(=O)O)ccc1NC(=O)NC1CC1. The van der Waals surface area contributed by atoms with Gasteiger partial charge in [0, 0.05) is 17.8 Å². The predicted molar refractivity (Wildman–Crippen MR) is 73.0 cm³/mol. The van der Waals surface area contributed by atoms with Crippen LogP contribution in [-0.4, -0.2) is 23.1 Å². The van der Waals surface area contributed by atoms with Gasteiger partial charge in [0.15, 0.2) is 0 Å². The van der Waals surface area contributed by atoms with Crippen molar-refractivity contribution in [1.29, 1.82) is 0 Å². The van der Waals surface area contributed by atoms with Gasteiger partial charge >= 0.3 is 12.0 Å². The van der Waals surface area contributed by atoms with Crippen LogP contribution in [0.3, 0.4) is 0 Å². The molecule has 1 aliphatic rings. The molecule has 0 saturated heterocycles. The van der Waals surface area contributed by atoms with E-state index in [0.717, 1.165) is 35.7 Å². The third-order valence-corrected chi connectivity index (χ3v) is 2.83. The average Bonchev–Trinajstić information content (AvgIpc) is 3.13. The zero-order valence-corrected chi connectivity index (χ0v) is 10.6. The molecular weight excluding hydrogens is 244 g/mol. The second-order valence-electron chi connectivity index (χ2n) is 4.62. The molecule has 0 atom stereocenters. The third kappa shape index (κ3) is 4.13. The highest BCUT2D eigenvalue weighted by Crippen LogP contribution is 2.20. The molecule has 100 valence electrons. The smallest absolute Gasteiger partial charge is 0.328 e. The van der Waals surface area contributed by atoms with Crippen molar-refractivity contribution in [1.82, 2.24) is 5.32 Å². The lowest BCUT2D eigenvalue weighted by Crippen LogP contribution is -2.30. The van der Waals surface area contributed by atoms with E-state index in [1.54, 1.807) is 12.1 Å². The van der Waals surface area contributed by atoms with Gasteiger partial charge in [-0.15, -0.1) is 0 Å². The Balaban J connectivity index is 2.01. The zero-order valence-electron chi connectivity index (χ0n) is 10.6. The van der Waals surface area contributed by atoms with Crippen molar-refractivity contribution in [2.45, 2.75) is 25.8 Å². The van der Waals surface area contributed by atoms with Gasteiger partial charge in [-0.3, -0.25) is 0 Å². The van der Waals surface area contributed by atoms with Crippen LogP contribution in [0.25, 0.3) is 6.08 Å². The number of hydrogen-bond acceptors (Lipinski definition) is 2. The van der Waals surface area contributed by atoms with Crippen LogP contribution in [0.1, 0.15) is 24.0 Å². The lowest BCUT2D eigenvalue weighted by Gasteiger charge is -2.09. The Bertz CT molecular complexity index is 533. The summed E-state index contributed by atoms with van der Waals surface area (Å²) in [6.07, 6.45) is 4.70. The van der Waals surface area contributed by atoms with Crippen LogP contribution in [0.2, 0.25) is 0 Å². The van der Waals surface area contributed by atoms with Gasteiger partial charge < -0.3 is 15.7 Å². The van der Waals surface area contributed by atoms with Crippen LogP contribution in [0.15, 0.2) is 24.3 Å². The van der Waals surface area contributed by atoms with E-state index < -0.39 is 5.97 Å². The molecule has 1 aromatic rings. The first-order chi connectivity index (χ1) is 9.04. The van der Waals surface area contributed by atoms with Gasteiger partial charge in [0.2, 0.25) is 0 Å². The van der Waals surface area contributed by atoms with Crippen molar-refractivity contribution in [2.24, 2.45) is 0 Å². The first kappa shape index (κ1) is 13.1. The quantitative estimate of drug-likeness (QED) is 0.727. The van der Waals surface area contributed by atoms with Gasteiger partial charge in [-0.1, -0.05) is 6.07 Å². The number of benzene rings is 1. The van der Waals surface area contributed by atoms with Crippen LogP contribution in [0.4, 0.5) is 10.5 Å². The van der Waals surface area contributed by atoms with E-state index in [0.29, 0.717) is 6.04 Å². The molecule has 5 nitrogen and oxygen atoms in total. The predicted octanol–water partition coefficient (Wildman–Crippen LogP) is 2.38. The molecule has 0 unspecified atom stereocenters. The van der Waals surface area contributed by atoms with Gasteiger partial charge in [-0.2, -0.15) is 0 Å². The standard InChI is InChI=1S/C14H16N2O3/c1-9-8-10(3-7-13(17)18)2-6-12(9)16-14(19)15-11-4-5-11/h2-3,6-8,11H,4-5H2,1H3,(H,17,18)(H2,15,16,19). The average molecular weight is 260 g/mol. The Morgan fingerprint density at radius 1 is 1.37 bits per heavy atom. The minimum atomic E-state index is -0.983. The van der Waals surface area contributed by atoms with Crippen LogP contribution >= 0.6 is 0 Å². The summed E-state index contributed by atoms with van der Waals surface area (Å²) < 4.78 is 0. The summed E-state index contributed by atoms with van der Waals surface area (Å²) >= 11 is 0. The fourth-order valence-corrected chi connectivity index (χ4v) is 1.67. The molecule has 3 N–H and O–H groups in total. The number of nitrogens with one attached hydrogen (secondary N) is 2. The van der Waals surface area contributed by atoms with Gasteiger partial charge in [-0.25, -0.2) is 9.59 Å². The lowest BCUT2D eigenvalue weighted by molar-refractivity contribution is -0.131. The summed E-state index contributed by atoms with van der Waals surface area (Å²) in [7, 11) is 0. The Labute approximate surface area is 111 Å². The van der Waals surface area contributed by atoms with Crippen molar-refractivity contribution >= 4 is 23.8 Å². The van der Waals surface area contributed by atoms with E-state index in [4.69, 9.17) is 5.11 Å². The number of anilines is 1. The highest BCUT2D eigenvalue weighted by Gasteiger charge is 2.23. The van der Waals surface area contributed by atoms with Gasteiger partial charge in [0.1, 0.15) is 0 Å². The van der Waals surface area contributed by atoms with Crippen molar-refractivity contribution in [2.75, 3.05) is 5.32 Å². The molecule has 0 bridgehead atoms. The third-order valence-electron chi connectivity index (χ3n) is 2.83. The number of aliphatic carboxylic acids is 1. The van der Waals surface area contributed by atoms with E-state index >= 15 is 0 Å². The molecular formula is C14H16N2O3. The summed E-state index contributed by atoms with van der Waals surface area (Å²) in [5.74, 6) is -0.983. The van der Waals surface area contributed by atoms with Crippen LogP contribution in [0, 0.1) is 6.92 Å². The largest absolute Gasteiger partial charge is 0.478 e. The molecule has 2 amide bonds. The Morgan fingerprint density at radius 2 is 2.11 bits per heavy atom. The normalized spacial score (nSPS) is 14.4. The highest BCUT2D eigenvalue weighted by atomic mass is 16.4. The zero-order chi connectivity index (χ0) is 13.8. The molecule has 0 spiro atoms. The molecule has 5 heteroatoms. The molecule has 0 aliphatic heterocycles. The Kier molecular flexibility index (Phi) is 3.85. The van der Waals surface area contributed by atoms with Crippen molar-refractivity contribution in [3.8, 4) is 0 Å². The summed E-state index contributed by atoms with van der Waals surface area (Å²) in [6, 6.07) is 5.48. The minimum absolute atomic E-state index is 0.195. The molecule has 1 saturated carbocycles. The number of carboxylic acids is 1. The molecule has 1 aromatic carbocycles. The van der Waals surface area contributed by atoms with Crippen molar-refractivity contribution < 1.29 is 14.7 Å². The number of aryl methyl sites for hydroxylation is 1. The monoisotopic (exact) mass is 260 g/mol. The number of rotatable bonds is 4. The molecule has 1 fully saturated rings. The Hall–Kier alpha value is -2.30. The number of hydrogen-bond donors (Lipinski definition) is 3. The summed E-state index contributed by atoms with van der Waals surface area (Å²) in [4.78, 5) is 22.0. The number of carboxylic acid groups (broad SMARTS) is 1. The fraction of sp³-hybridized carbons (Fsp3) is 0.286. The number of urea groups is 1. The highest BCUT2D eigenvalue weighted by molar-refractivity contribution is 5.91. The van der Waals surface area contributed by atoms with Crippen LogP contribution in [-0.2, 0) is 4.79 Å². The molecule has 19 heavy (non-hydrogen) atoms. The van der Waals surface area contributed by atoms with E-state index in [1.165, 1.54) is 6.08 Å². The number of carbonyl (C=O) groups is 2. The van der Waals surface area contributed by atoms with E-state index in [1.807, 2.05) is 13.0 Å². The minimum Gasteiger partial charge on any atom is -0.478 e. The molecule has 0 radical (unpaired) electrons. The maximum Gasteiger partial charge on any atom is 0.328 e. The summed E-state index contributed by atoms with van der Waals surface area (Å²) in [6.45, 7) is 1.87. The summed E-state index contributed by atoms with van der Waals surface area (Å²) in [5, 5.41) is 14.2. The summed E-state index contributed by atoms with van der Waals surface area (Å²) in [5.41, 5.74) is 2.40. The number of carbonyl (C=O) groups excluding carboxylic acids is 1. The van der Waals surface area contributed by atoms with Crippen LogP contribution < -0.4 is 10.6 Å². The van der Waals surface area contributed by atoms with E-state index in [2.05, 4.69) is 10.6 Å². The van der Waals surface area contributed by atoms with Crippen molar-refractivity contribution in [3.05, 3.63) is 35.4 Å². The van der Waals surface area contributed by atoms with E-state index in [-0.39, 0.29) is 6.03 Å². The maximum absolute atomic E-state index is 11.6. The first-order valence-corrected chi connectivity index (χ1v) is 6.14. The van der Waals surface area contributed by atoms with Gasteiger partial charge in [0.25, 0.3) is 0 Å². The maximum atomic E-state index is 11.6. The van der Waals surface area contributed by atoms with Crippen LogP contribution in [0.5, 0.6) is 0 Å². The topological polar surface area (TPSA) is 78.4 Å². The molecule has 0 heterocycles. The van der Waals surface area contributed by atoms with E-state index in [9.17, 15) is 9.59 Å². The molecule has 0 aromatic heterocycles.